The molecule has 5 nitrogen and oxygen atoms in total. The van der Waals surface area contributed by atoms with Crippen molar-refractivity contribution in [2.75, 3.05) is 31.1 Å². The Bertz CT molecular complexity index is 650. The summed E-state index contributed by atoms with van der Waals surface area (Å²) in [5, 5.41) is 3.33. The zero-order valence-electron chi connectivity index (χ0n) is 10.8. The van der Waals surface area contributed by atoms with Crippen molar-refractivity contribution in [3.05, 3.63) is 41.4 Å². The third-order valence-corrected chi connectivity index (χ3v) is 3.43. The molecule has 1 aromatic heterocycles. The van der Waals surface area contributed by atoms with Crippen LogP contribution in [0.2, 0.25) is 0 Å². The fraction of sp³-hybridized carbons (Fsp3) is 0.357. The predicted molar refractivity (Wildman–Crippen MR) is 75.8 cm³/mol. The van der Waals surface area contributed by atoms with Gasteiger partial charge in [-0.3, -0.25) is 4.57 Å². The summed E-state index contributed by atoms with van der Waals surface area (Å²) >= 11 is 0. The maximum atomic E-state index is 11.9. The van der Waals surface area contributed by atoms with Crippen molar-refractivity contribution in [1.82, 2.24) is 9.88 Å². The van der Waals surface area contributed by atoms with E-state index < -0.39 is 0 Å². The van der Waals surface area contributed by atoms with Gasteiger partial charge >= 0.3 is 5.76 Å². The Morgan fingerprint density at radius 1 is 1.37 bits per heavy atom. The van der Waals surface area contributed by atoms with E-state index in [1.54, 1.807) is 10.6 Å². The molecule has 0 unspecified atom stereocenters. The second kappa shape index (κ2) is 4.93. The Morgan fingerprint density at radius 2 is 2.16 bits per heavy atom. The number of nitrogens with one attached hydrogen (secondary N) is 1. The highest BCUT2D eigenvalue weighted by atomic mass is 16.4. The highest BCUT2D eigenvalue weighted by molar-refractivity contribution is 5.87. The SMILES string of the molecule is C=CCn1c(=O)oc2cccc(N3CCNCC3)c21. The van der Waals surface area contributed by atoms with Gasteiger partial charge in [0.25, 0.3) is 0 Å². The first kappa shape index (κ1) is 12.0. The summed E-state index contributed by atoms with van der Waals surface area (Å²) in [5.74, 6) is -0.322. The van der Waals surface area contributed by atoms with E-state index in [1.807, 2.05) is 18.2 Å². The van der Waals surface area contributed by atoms with Gasteiger partial charge in [0, 0.05) is 32.7 Å². The van der Waals surface area contributed by atoms with Crippen LogP contribution in [0.4, 0.5) is 5.69 Å². The Kier molecular flexibility index (Phi) is 3.13. The average molecular weight is 259 g/mol. The Hall–Kier alpha value is -2.01. The molecule has 0 bridgehead atoms. The van der Waals surface area contributed by atoms with E-state index in [-0.39, 0.29) is 5.76 Å². The van der Waals surface area contributed by atoms with Crippen molar-refractivity contribution >= 4 is 16.8 Å². The van der Waals surface area contributed by atoms with Crippen LogP contribution in [0, 0.1) is 0 Å². The number of nitrogens with zero attached hydrogens (tertiary/aromatic N) is 2. The summed E-state index contributed by atoms with van der Waals surface area (Å²) in [6, 6.07) is 5.81. The van der Waals surface area contributed by atoms with Gasteiger partial charge in [0.1, 0.15) is 5.52 Å². The average Bonchev–Trinajstić information content (AvgIpc) is 2.76. The van der Waals surface area contributed by atoms with Crippen molar-refractivity contribution in [3.63, 3.8) is 0 Å². The Labute approximate surface area is 111 Å². The van der Waals surface area contributed by atoms with Gasteiger partial charge in [-0.1, -0.05) is 12.1 Å². The molecule has 0 aliphatic carbocycles. The number of allylic oxidation sites excluding steroid dienone is 1. The lowest BCUT2D eigenvalue weighted by Crippen LogP contribution is -2.43. The molecule has 5 heteroatoms. The third-order valence-electron chi connectivity index (χ3n) is 3.43. The molecular weight excluding hydrogens is 242 g/mol. The smallest absolute Gasteiger partial charge is 0.408 e. The van der Waals surface area contributed by atoms with Crippen LogP contribution in [0.5, 0.6) is 0 Å². The molecule has 1 N–H and O–H groups in total. The van der Waals surface area contributed by atoms with Gasteiger partial charge in [-0.15, -0.1) is 6.58 Å². The summed E-state index contributed by atoms with van der Waals surface area (Å²) in [6.45, 7) is 7.96. The Morgan fingerprint density at radius 3 is 2.89 bits per heavy atom. The maximum Gasteiger partial charge on any atom is 0.420 e. The molecule has 0 atom stereocenters. The number of hydrogen-bond acceptors (Lipinski definition) is 4. The maximum absolute atomic E-state index is 11.9. The fourth-order valence-electron chi connectivity index (χ4n) is 2.56. The van der Waals surface area contributed by atoms with Crippen molar-refractivity contribution in [2.45, 2.75) is 6.54 Å². The number of fused-ring (bicyclic) bond motifs is 1. The molecule has 3 rings (SSSR count). The quantitative estimate of drug-likeness (QED) is 0.841. The van der Waals surface area contributed by atoms with E-state index in [0.717, 1.165) is 37.4 Å². The first-order chi connectivity index (χ1) is 9.31. The van der Waals surface area contributed by atoms with Crippen LogP contribution in [0.1, 0.15) is 0 Å². The molecule has 1 aliphatic rings. The van der Waals surface area contributed by atoms with E-state index in [4.69, 9.17) is 4.42 Å². The van der Waals surface area contributed by atoms with Crippen molar-refractivity contribution in [2.24, 2.45) is 0 Å². The summed E-state index contributed by atoms with van der Waals surface area (Å²) in [5.41, 5.74) is 2.57. The van der Waals surface area contributed by atoms with Crippen LogP contribution in [0.15, 0.2) is 40.1 Å². The Balaban J connectivity index is 2.17. The predicted octanol–water partition coefficient (Wildman–Crippen LogP) is 1.19. The van der Waals surface area contributed by atoms with Crippen LogP contribution in [-0.4, -0.2) is 30.7 Å². The largest absolute Gasteiger partial charge is 0.420 e. The number of benzene rings is 1. The van der Waals surface area contributed by atoms with E-state index in [9.17, 15) is 4.79 Å². The second-order valence-electron chi connectivity index (χ2n) is 4.63. The molecule has 0 amide bonds. The van der Waals surface area contributed by atoms with E-state index in [2.05, 4.69) is 16.8 Å². The van der Waals surface area contributed by atoms with Crippen molar-refractivity contribution in [1.29, 1.82) is 0 Å². The molecular formula is C14H17N3O2. The summed E-state index contributed by atoms with van der Waals surface area (Å²) in [6.07, 6.45) is 1.71. The van der Waals surface area contributed by atoms with Crippen LogP contribution >= 0.6 is 0 Å². The zero-order chi connectivity index (χ0) is 13.2. The van der Waals surface area contributed by atoms with Gasteiger partial charge in [0.2, 0.25) is 0 Å². The van der Waals surface area contributed by atoms with Gasteiger partial charge < -0.3 is 14.6 Å². The number of anilines is 1. The summed E-state index contributed by atoms with van der Waals surface area (Å²) in [7, 11) is 0. The minimum atomic E-state index is -0.322. The normalized spacial score (nSPS) is 15.9. The van der Waals surface area contributed by atoms with Gasteiger partial charge in [0.15, 0.2) is 5.58 Å². The lowest BCUT2D eigenvalue weighted by molar-refractivity contribution is 0.520. The summed E-state index contributed by atoms with van der Waals surface area (Å²) in [4.78, 5) is 14.2. The molecule has 100 valence electrons. The number of oxazole rings is 1. The molecule has 1 aromatic carbocycles. The van der Waals surface area contributed by atoms with Crippen LogP contribution in [-0.2, 0) is 6.54 Å². The van der Waals surface area contributed by atoms with Gasteiger partial charge in [-0.25, -0.2) is 4.79 Å². The topological polar surface area (TPSA) is 50.4 Å². The highest BCUT2D eigenvalue weighted by Crippen LogP contribution is 2.26. The van der Waals surface area contributed by atoms with Crippen LogP contribution < -0.4 is 16.0 Å². The lowest BCUT2D eigenvalue weighted by Gasteiger charge is -2.29. The zero-order valence-corrected chi connectivity index (χ0v) is 10.8. The van der Waals surface area contributed by atoms with Crippen LogP contribution in [0.3, 0.4) is 0 Å². The number of para-hydroxylation sites is 1. The van der Waals surface area contributed by atoms with Crippen molar-refractivity contribution < 1.29 is 4.42 Å². The molecule has 2 heterocycles. The van der Waals surface area contributed by atoms with Crippen molar-refractivity contribution in [3.8, 4) is 0 Å². The van der Waals surface area contributed by atoms with Crippen LogP contribution in [0.25, 0.3) is 11.1 Å². The monoisotopic (exact) mass is 259 g/mol. The molecule has 1 saturated heterocycles. The van der Waals surface area contributed by atoms with Gasteiger partial charge in [0.05, 0.1) is 5.69 Å². The number of aromatic nitrogens is 1. The minimum Gasteiger partial charge on any atom is -0.408 e. The van der Waals surface area contributed by atoms with Gasteiger partial charge in [-0.05, 0) is 12.1 Å². The molecule has 0 spiro atoms. The lowest BCUT2D eigenvalue weighted by atomic mass is 10.2. The number of rotatable bonds is 3. The second-order valence-corrected chi connectivity index (χ2v) is 4.63. The molecule has 1 fully saturated rings. The molecule has 0 radical (unpaired) electrons. The molecule has 2 aromatic rings. The first-order valence-corrected chi connectivity index (χ1v) is 6.50. The summed E-state index contributed by atoms with van der Waals surface area (Å²) < 4.78 is 6.94. The van der Waals surface area contributed by atoms with Gasteiger partial charge in [-0.2, -0.15) is 0 Å². The number of hydrogen-bond donors (Lipinski definition) is 1. The first-order valence-electron chi connectivity index (χ1n) is 6.50. The van der Waals surface area contributed by atoms with E-state index >= 15 is 0 Å². The molecule has 1 aliphatic heterocycles. The number of piperazine rings is 1. The molecule has 0 saturated carbocycles. The standard InChI is InChI=1S/C14H17N3O2/c1-2-8-17-13-11(16-9-6-15-7-10-16)4-3-5-12(13)19-14(17)18/h2-5,15H,1,6-10H2. The van der Waals surface area contributed by atoms with E-state index in [1.165, 1.54) is 0 Å². The van der Waals surface area contributed by atoms with E-state index in [0.29, 0.717) is 12.1 Å². The molecule has 19 heavy (non-hydrogen) atoms. The highest BCUT2D eigenvalue weighted by Gasteiger charge is 2.18. The third kappa shape index (κ3) is 2.06. The fourth-order valence-corrected chi connectivity index (χ4v) is 2.56. The minimum absolute atomic E-state index is 0.322.